The second-order valence-corrected chi connectivity index (χ2v) is 4.52. The molecule has 1 aromatic rings. The van der Waals surface area contributed by atoms with Gasteiger partial charge >= 0.3 is 0 Å². The molecule has 5 nitrogen and oxygen atoms in total. The van der Waals surface area contributed by atoms with E-state index >= 15 is 0 Å². The van der Waals surface area contributed by atoms with Crippen molar-refractivity contribution in [2.45, 2.75) is 38.8 Å². The Morgan fingerprint density at radius 1 is 1.62 bits per heavy atom. The summed E-state index contributed by atoms with van der Waals surface area (Å²) < 4.78 is 1.87. The van der Waals surface area contributed by atoms with Crippen molar-refractivity contribution in [2.24, 2.45) is 11.7 Å². The Morgan fingerprint density at radius 3 is 2.88 bits per heavy atom. The molecular weight excluding hydrogens is 204 g/mol. The Balaban J connectivity index is 2.09. The minimum atomic E-state index is -0.500. The van der Waals surface area contributed by atoms with Crippen LogP contribution in [0.25, 0.3) is 0 Å². The lowest BCUT2D eigenvalue weighted by Gasteiger charge is -2.16. The van der Waals surface area contributed by atoms with Crippen LogP contribution in [0.4, 0.5) is 5.82 Å². The lowest BCUT2D eigenvalue weighted by atomic mass is 10.2. The van der Waals surface area contributed by atoms with E-state index in [0.717, 1.165) is 5.82 Å². The molecule has 0 aromatic carbocycles. The number of nitrogens with two attached hydrogens (primary N) is 1. The quantitative estimate of drug-likeness (QED) is 0.802. The van der Waals surface area contributed by atoms with E-state index in [0.29, 0.717) is 12.0 Å². The van der Waals surface area contributed by atoms with E-state index in [1.165, 1.54) is 12.8 Å². The van der Waals surface area contributed by atoms with Gasteiger partial charge in [-0.1, -0.05) is 0 Å². The largest absolute Gasteiger partial charge is 0.320 e. The second kappa shape index (κ2) is 4.25. The van der Waals surface area contributed by atoms with Crippen LogP contribution in [0.15, 0.2) is 12.3 Å². The molecule has 1 aliphatic rings. The van der Waals surface area contributed by atoms with Crippen molar-refractivity contribution in [2.75, 3.05) is 5.32 Å². The van der Waals surface area contributed by atoms with Crippen LogP contribution < -0.4 is 11.1 Å². The molecule has 2 atom stereocenters. The Labute approximate surface area is 95.0 Å². The van der Waals surface area contributed by atoms with Crippen molar-refractivity contribution in [3.8, 4) is 0 Å². The van der Waals surface area contributed by atoms with Crippen LogP contribution in [-0.4, -0.2) is 21.7 Å². The monoisotopic (exact) mass is 222 g/mol. The molecule has 0 saturated heterocycles. The average molecular weight is 222 g/mol. The van der Waals surface area contributed by atoms with Crippen LogP contribution in [0.5, 0.6) is 0 Å². The van der Waals surface area contributed by atoms with Crippen molar-refractivity contribution in [1.82, 2.24) is 9.78 Å². The number of anilines is 1. The second-order valence-electron chi connectivity index (χ2n) is 4.52. The van der Waals surface area contributed by atoms with Gasteiger partial charge in [-0.05, 0) is 32.6 Å². The predicted octanol–water partition coefficient (Wildman–Crippen LogP) is 1.14. The molecule has 1 saturated carbocycles. The maximum absolute atomic E-state index is 11.5. The molecule has 1 amide bonds. The van der Waals surface area contributed by atoms with Gasteiger partial charge in [0.2, 0.25) is 5.91 Å². The smallest absolute Gasteiger partial charge is 0.242 e. The zero-order chi connectivity index (χ0) is 11.7. The molecule has 3 N–H and O–H groups in total. The number of rotatable bonds is 4. The van der Waals surface area contributed by atoms with Crippen molar-refractivity contribution in [3.05, 3.63) is 12.3 Å². The van der Waals surface area contributed by atoms with Crippen LogP contribution in [0.1, 0.15) is 32.7 Å². The van der Waals surface area contributed by atoms with Gasteiger partial charge in [-0.2, -0.15) is 5.10 Å². The lowest BCUT2D eigenvalue weighted by molar-refractivity contribution is -0.117. The summed E-state index contributed by atoms with van der Waals surface area (Å²) in [5.74, 6) is 1.26. The number of carbonyl (C=O) groups is 1. The van der Waals surface area contributed by atoms with Gasteiger partial charge in [-0.25, -0.2) is 4.68 Å². The van der Waals surface area contributed by atoms with E-state index in [-0.39, 0.29) is 5.91 Å². The molecular formula is C11H18N4O. The third kappa shape index (κ3) is 2.24. The summed E-state index contributed by atoms with van der Waals surface area (Å²) in [6, 6.07) is 1.65. The van der Waals surface area contributed by atoms with Crippen LogP contribution in [-0.2, 0) is 4.79 Å². The molecule has 0 radical (unpaired) electrons. The Bertz CT molecular complexity index is 381. The zero-order valence-corrected chi connectivity index (χ0v) is 9.68. The zero-order valence-electron chi connectivity index (χ0n) is 9.68. The summed E-state index contributed by atoms with van der Waals surface area (Å²) in [6.45, 7) is 3.80. The van der Waals surface area contributed by atoms with Gasteiger partial charge in [-0.3, -0.25) is 4.79 Å². The molecule has 1 unspecified atom stereocenters. The molecule has 1 aromatic heterocycles. The Kier molecular flexibility index (Phi) is 2.96. The summed E-state index contributed by atoms with van der Waals surface area (Å²) in [4.78, 5) is 11.5. The number of hydrogen-bond donors (Lipinski definition) is 2. The SMILES string of the molecule is CC(C1CC1)n1nccc1NC(=O)[C@H](C)N. The van der Waals surface area contributed by atoms with Gasteiger partial charge in [-0.15, -0.1) is 0 Å². The van der Waals surface area contributed by atoms with E-state index in [1.807, 2.05) is 4.68 Å². The number of carbonyl (C=O) groups excluding carboxylic acids is 1. The average Bonchev–Trinajstić information content (AvgIpc) is 2.98. The van der Waals surface area contributed by atoms with Gasteiger partial charge in [0.25, 0.3) is 0 Å². The van der Waals surface area contributed by atoms with Crippen molar-refractivity contribution in [1.29, 1.82) is 0 Å². The molecule has 88 valence electrons. The van der Waals surface area contributed by atoms with E-state index in [1.54, 1.807) is 19.2 Å². The number of hydrogen-bond acceptors (Lipinski definition) is 3. The number of amides is 1. The fraction of sp³-hybridized carbons (Fsp3) is 0.636. The molecule has 1 heterocycles. The Morgan fingerprint density at radius 2 is 2.31 bits per heavy atom. The summed E-state index contributed by atoms with van der Waals surface area (Å²) in [5, 5.41) is 7.04. The fourth-order valence-electron chi connectivity index (χ4n) is 1.76. The number of aromatic nitrogens is 2. The van der Waals surface area contributed by atoms with E-state index in [4.69, 9.17) is 5.73 Å². The summed E-state index contributed by atoms with van der Waals surface area (Å²) in [6.07, 6.45) is 4.21. The molecule has 0 spiro atoms. The van der Waals surface area contributed by atoms with Crippen molar-refractivity contribution >= 4 is 11.7 Å². The molecule has 1 fully saturated rings. The maximum Gasteiger partial charge on any atom is 0.242 e. The topological polar surface area (TPSA) is 72.9 Å². The highest BCUT2D eigenvalue weighted by molar-refractivity contribution is 5.93. The summed E-state index contributed by atoms with van der Waals surface area (Å²) in [7, 11) is 0. The van der Waals surface area contributed by atoms with Crippen LogP contribution in [0, 0.1) is 5.92 Å². The van der Waals surface area contributed by atoms with Gasteiger partial charge in [0.15, 0.2) is 0 Å². The molecule has 1 aliphatic carbocycles. The van der Waals surface area contributed by atoms with Gasteiger partial charge in [0, 0.05) is 6.07 Å². The van der Waals surface area contributed by atoms with Gasteiger partial charge < -0.3 is 11.1 Å². The van der Waals surface area contributed by atoms with E-state index < -0.39 is 6.04 Å². The minimum Gasteiger partial charge on any atom is -0.320 e. The van der Waals surface area contributed by atoms with Gasteiger partial charge in [0.1, 0.15) is 5.82 Å². The maximum atomic E-state index is 11.5. The van der Waals surface area contributed by atoms with E-state index in [9.17, 15) is 4.79 Å². The fourth-order valence-corrected chi connectivity index (χ4v) is 1.76. The highest BCUT2D eigenvalue weighted by atomic mass is 16.2. The molecule has 16 heavy (non-hydrogen) atoms. The predicted molar refractivity (Wildman–Crippen MR) is 61.9 cm³/mol. The highest BCUT2D eigenvalue weighted by Crippen LogP contribution is 2.40. The summed E-state index contributed by atoms with van der Waals surface area (Å²) in [5.41, 5.74) is 5.51. The van der Waals surface area contributed by atoms with Crippen molar-refractivity contribution in [3.63, 3.8) is 0 Å². The number of nitrogens with one attached hydrogen (secondary N) is 1. The molecule has 2 rings (SSSR count). The van der Waals surface area contributed by atoms with E-state index in [2.05, 4.69) is 17.3 Å². The molecule has 0 bridgehead atoms. The van der Waals surface area contributed by atoms with Crippen LogP contribution in [0.2, 0.25) is 0 Å². The van der Waals surface area contributed by atoms with Crippen LogP contribution >= 0.6 is 0 Å². The normalized spacial score (nSPS) is 19.2. The standard InChI is InChI=1S/C11H18N4O/c1-7(12)11(16)14-10-5-6-13-15(10)8(2)9-3-4-9/h5-9H,3-4,12H2,1-2H3,(H,14,16)/t7-,8?/m0/s1. The van der Waals surface area contributed by atoms with Crippen LogP contribution in [0.3, 0.4) is 0 Å². The summed E-state index contributed by atoms with van der Waals surface area (Å²) >= 11 is 0. The third-order valence-electron chi connectivity index (χ3n) is 3.03. The molecule has 5 heteroatoms. The Hall–Kier alpha value is -1.36. The lowest BCUT2D eigenvalue weighted by Crippen LogP contribution is -2.33. The highest BCUT2D eigenvalue weighted by Gasteiger charge is 2.30. The first-order valence-corrected chi connectivity index (χ1v) is 5.69. The number of nitrogens with zero attached hydrogens (tertiary/aromatic N) is 2. The first-order chi connectivity index (χ1) is 7.59. The van der Waals surface area contributed by atoms with Crippen molar-refractivity contribution < 1.29 is 4.79 Å². The third-order valence-corrected chi connectivity index (χ3v) is 3.03. The first kappa shape index (κ1) is 11.1. The van der Waals surface area contributed by atoms with Gasteiger partial charge in [0.05, 0.1) is 18.3 Å². The first-order valence-electron chi connectivity index (χ1n) is 5.69. The minimum absolute atomic E-state index is 0.176. The molecule has 0 aliphatic heterocycles.